The molecule has 2 N–H and O–H groups in total. The Bertz CT molecular complexity index is 1850. The molecule has 0 bridgehead atoms. The van der Waals surface area contributed by atoms with E-state index in [0.717, 1.165) is 63.4 Å². The predicted molar refractivity (Wildman–Crippen MR) is 205 cm³/mol. The van der Waals surface area contributed by atoms with Gasteiger partial charge < -0.3 is 25.0 Å². The molecule has 1 saturated carbocycles. The lowest BCUT2D eigenvalue weighted by atomic mass is 10.1. The zero-order chi connectivity index (χ0) is 36.5. The number of nitrogens with one attached hydrogen (secondary N) is 1. The number of fused-ring (bicyclic) bond motifs is 1. The average Bonchev–Trinajstić information content (AvgIpc) is 3.77. The first-order valence-corrected chi connectivity index (χ1v) is 19.0. The smallest absolute Gasteiger partial charge is 0.278 e. The zero-order valence-corrected chi connectivity index (χ0v) is 30.8. The fourth-order valence-electron chi connectivity index (χ4n) is 7.14. The van der Waals surface area contributed by atoms with Crippen molar-refractivity contribution in [2.45, 2.75) is 103 Å². The van der Waals surface area contributed by atoms with E-state index in [1.807, 2.05) is 17.0 Å². The summed E-state index contributed by atoms with van der Waals surface area (Å²) in [5, 5.41) is 14.2. The number of aromatic nitrogens is 5. The lowest BCUT2D eigenvalue weighted by Gasteiger charge is -2.36. The van der Waals surface area contributed by atoms with Gasteiger partial charge in [0.05, 0.1) is 18.3 Å². The zero-order valence-electron chi connectivity index (χ0n) is 30.8. The number of nitrogens with zero attached hydrogens (tertiary/aromatic N) is 7. The Kier molecular flexibility index (Phi) is 12.4. The van der Waals surface area contributed by atoms with Gasteiger partial charge >= 0.3 is 0 Å². The molecule has 1 aliphatic carbocycles. The van der Waals surface area contributed by atoms with Crippen LogP contribution in [-0.2, 0) is 21.7 Å². The highest BCUT2D eigenvalue weighted by atomic mass is 16.5. The maximum Gasteiger partial charge on any atom is 0.278 e. The van der Waals surface area contributed by atoms with E-state index in [-0.39, 0.29) is 18.0 Å². The number of hydrogen-bond acceptors (Lipinski definition) is 9. The molecule has 1 aliphatic heterocycles. The summed E-state index contributed by atoms with van der Waals surface area (Å²) in [5.74, 6) is 1.05. The summed E-state index contributed by atoms with van der Waals surface area (Å²) >= 11 is 0. The van der Waals surface area contributed by atoms with Gasteiger partial charge in [0, 0.05) is 56.8 Å². The van der Waals surface area contributed by atoms with Crippen LogP contribution in [0.15, 0.2) is 66.1 Å². The van der Waals surface area contributed by atoms with E-state index < -0.39 is 5.60 Å². The van der Waals surface area contributed by atoms with Crippen LogP contribution in [0.5, 0.6) is 0 Å². The maximum absolute atomic E-state index is 13.3. The number of carbonyl (C=O) groups excluding carboxylic acids is 1. The molecule has 0 radical (unpaired) electrons. The molecule has 0 spiro atoms. The summed E-state index contributed by atoms with van der Waals surface area (Å²) in [7, 11) is 0. The quantitative estimate of drug-likeness (QED) is 0.0935. The first kappa shape index (κ1) is 37.2. The molecule has 4 aromatic rings. The van der Waals surface area contributed by atoms with Crippen molar-refractivity contribution in [3.05, 3.63) is 77.4 Å². The number of aliphatic hydroxyl groups is 1. The number of pyridine rings is 1. The van der Waals surface area contributed by atoms with Crippen LogP contribution in [-0.4, -0.2) is 79.1 Å². The standard InChI is InChI=1S/C40H54N8O4/c1-4-23-47-38(50)33-29-41-39(44-37(33)48(47)35-17-13-16-34(43-35)40(2,3)51)42-30-19-21-31(22-20-30)45-24-26-46(27-25-45)36(49)18-9-7-5-6-8-12-28-52-32-14-10-11-15-32/h4,13,16-17,19-22,29,32,51H,1,5-12,14-15,18,23-28H2,2-3H3,(H,41,42,44). The number of hydrogen-bond donors (Lipinski definition) is 2. The highest BCUT2D eigenvalue weighted by Crippen LogP contribution is 2.25. The number of allylic oxidation sites excluding steroid dienone is 1. The van der Waals surface area contributed by atoms with Crippen LogP contribution in [0.4, 0.5) is 17.3 Å². The van der Waals surface area contributed by atoms with Crippen molar-refractivity contribution in [2.75, 3.05) is 43.0 Å². The van der Waals surface area contributed by atoms with E-state index in [1.54, 1.807) is 42.8 Å². The normalized spacial score (nSPS) is 15.4. The van der Waals surface area contributed by atoms with E-state index in [9.17, 15) is 14.7 Å². The molecule has 0 atom stereocenters. The predicted octanol–water partition coefficient (Wildman–Crippen LogP) is 6.47. The van der Waals surface area contributed by atoms with Crippen molar-refractivity contribution < 1.29 is 14.6 Å². The number of amides is 1. The number of benzene rings is 1. The molecule has 1 aromatic carbocycles. The number of carbonyl (C=O) groups is 1. The summed E-state index contributed by atoms with van der Waals surface area (Å²) < 4.78 is 9.11. The summed E-state index contributed by atoms with van der Waals surface area (Å²) in [6.45, 7) is 11.3. The van der Waals surface area contributed by atoms with Crippen molar-refractivity contribution in [3.8, 4) is 5.82 Å². The summed E-state index contributed by atoms with van der Waals surface area (Å²) in [6, 6.07) is 13.4. The monoisotopic (exact) mass is 710 g/mol. The van der Waals surface area contributed by atoms with E-state index in [4.69, 9.17) is 9.72 Å². The van der Waals surface area contributed by atoms with Crippen molar-refractivity contribution in [3.63, 3.8) is 0 Å². The summed E-state index contributed by atoms with van der Waals surface area (Å²) in [4.78, 5) is 44.4. The SMILES string of the molecule is C=CCn1c(=O)c2cnc(Nc3ccc(N4CCN(C(=O)CCCCCCCCOC5CCCC5)CC4)cc3)nc2n1-c1cccc(C(C)(C)O)n1. The lowest BCUT2D eigenvalue weighted by molar-refractivity contribution is -0.131. The molecule has 1 saturated heterocycles. The minimum absolute atomic E-state index is 0.243. The second kappa shape index (κ2) is 17.3. The molecule has 278 valence electrons. The fourth-order valence-corrected chi connectivity index (χ4v) is 7.14. The Hall–Kier alpha value is -4.55. The van der Waals surface area contributed by atoms with Gasteiger partial charge in [-0.2, -0.15) is 4.98 Å². The molecule has 4 heterocycles. The number of ether oxygens (including phenoxy) is 1. The van der Waals surface area contributed by atoms with E-state index >= 15 is 0 Å². The molecule has 0 unspecified atom stereocenters. The highest BCUT2D eigenvalue weighted by molar-refractivity contribution is 5.77. The first-order valence-electron chi connectivity index (χ1n) is 19.0. The average molecular weight is 711 g/mol. The molecule has 12 heteroatoms. The van der Waals surface area contributed by atoms with Gasteiger partial charge in [0.1, 0.15) is 11.0 Å². The van der Waals surface area contributed by atoms with E-state index in [0.29, 0.717) is 41.0 Å². The van der Waals surface area contributed by atoms with Crippen molar-refractivity contribution in [2.24, 2.45) is 0 Å². The van der Waals surface area contributed by atoms with E-state index in [2.05, 4.69) is 38.9 Å². The Morgan fingerprint density at radius 2 is 1.69 bits per heavy atom. The molecule has 52 heavy (non-hydrogen) atoms. The molecule has 6 rings (SSSR count). The first-order chi connectivity index (χ1) is 25.2. The van der Waals surface area contributed by atoms with Gasteiger partial charge in [-0.25, -0.2) is 19.3 Å². The van der Waals surface area contributed by atoms with Crippen LogP contribution < -0.4 is 15.8 Å². The molecular formula is C40H54N8O4. The maximum atomic E-state index is 13.3. The van der Waals surface area contributed by atoms with Crippen molar-refractivity contribution >= 4 is 34.3 Å². The summed E-state index contributed by atoms with van der Waals surface area (Å²) in [6.07, 6.45) is 16.3. The van der Waals surface area contributed by atoms with Crippen LogP contribution in [0, 0.1) is 0 Å². The largest absolute Gasteiger partial charge is 0.384 e. The molecule has 1 amide bonds. The third kappa shape index (κ3) is 9.27. The van der Waals surface area contributed by atoms with Gasteiger partial charge in [0.15, 0.2) is 11.5 Å². The van der Waals surface area contributed by atoms with Crippen LogP contribution in [0.1, 0.15) is 90.2 Å². The second-order valence-corrected chi connectivity index (χ2v) is 14.5. The third-order valence-electron chi connectivity index (χ3n) is 10.1. The van der Waals surface area contributed by atoms with Crippen molar-refractivity contribution in [1.82, 2.24) is 29.2 Å². The number of unbranched alkanes of at least 4 members (excludes halogenated alkanes) is 5. The minimum Gasteiger partial charge on any atom is -0.384 e. The Morgan fingerprint density at radius 3 is 2.40 bits per heavy atom. The lowest BCUT2D eigenvalue weighted by Crippen LogP contribution is -2.48. The van der Waals surface area contributed by atoms with Gasteiger partial charge in [-0.05, 0) is 75.9 Å². The molecular weight excluding hydrogens is 656 g/mol. The third-order valence-corrected chi connectivity index (χ3v) is 10.1. The van der Waals surface area contributed by atoms with Gasteiger partial charge in [0.25, 0.3) is 5.56 Å². The second-order valence-electron chi connectivity index (χ2n) is 14.5. The number of anilines is 3. The topological polar surface area (TPSA) is 131 Å². The van der Waals surface area contributed by atoms with Gasteiger partial charge in [-0.3, -0.25) is 9.59 Å². The number of piperazine rings is 1. The molecule has 2 aliphatic rings. The number of rotatable bonds is 17. The van der Waals surface area contributed by atoms with Gasteiger partial charge in [0.2, 0.25) is 11.9 Å². The fraction of sp³-hybridized carbons (Fsp3) is 0.525. The Morgan fingerprint density at radius 1 is 0.981 bits per heavy atom. The Balaban J connectivity index is 0.987. The minimum atomic E-state index is -1.16. The van der Waals surface area contributed by atoms with Gasteiger partial charge in [-0.1, -0.05) is 50.7 Å². The summed E-state index contributed by atoms with van der Waals surface area (Å²) in [5.41, 5.74) is 1.34. The van der Waals surface area contributed by atoms with Crippen LogP contribution in [0.25, 0.3) is 16.9 Å². The van der Waals surface area contributed by atoms with Crippen LogP contribution >= 0.6 is 0 Å². The molecule has 3 aromatic heterocycles. The van der Waals surface area contributed by atoms with Crippen molar-refractivity contribution in [1.29, 1.82) is 0 Å². The molecule has 12 nitrogen and oxygen atoms in total. The molecule has 2 fully saturated rings. The van der Waals surface area contributed by atoms with E-state index in [1.165, 1.54) is 55.8 Å². The highest BCUT2D eigenvalue weighted by Gasteiger charge is 2.23. The van der Waals surface area contributed by atoms with Crippen LogP contribution in [0.3, 0.4) is 0 Å². The Labute approximate surface area is 306 Å². The van der Waals surface area contributed by atoms with Gasteiger partial charge in [-0.15, -0.1) is 6.58 Å². The van der Waals surface area contributed by atoms with Crippen LogP contribution in [0.2, 0.25) is 0 Å².